The Kier molecular flexibility index (Phi) is 4.34. The first kappa shape index (κ1) is 11.9. The molecule has 0 aromatic carbocycles. The molecule has 0 aromatic heterocycles. The molecule has 1 fully saturated rings. The Morgan fingerprint density at radius 3 is 2.79 bits per heavy atom. The Bertz CT molecular complexity index is 263. The van der Waals surface area contributed by atoms with Crippen molar-refractivity contribution in [2.45, 2.75) is 18.9 Å². The molecule has 4 nitrogen and oxygen atoms in total. The standard InChI is InChI=1S/C9H19NO3S/c1-10-9-3-5-13-7-8(9)4-6-14(2,11)12/h8-10H,3-7H2,1-2H3. The molecule has 0 radical (unpaired) electrons. The molecule has 14 heavy (non-hydrogen) atoms. The fraction of sp³-hybridized carbons (Fsp3) is 1.00. The lowest BCUT2D eigenvalue weighted by Crippen LogP contribution is -2.41. The maximum Gasteiger partial charge on any atom is 0.147 e. The molecule has 2 atom stereocenters. The van der Waals surface area contributed by atoms with Gasteiger partial charge in [-0.15, -0.1) is 0 Å². The first-order valence-electron chi connectivity index (χ1n) is 4.95. The number of nitrogens with one attached hydrogen (secondary N) is 1. The second-order valence-corrected chi connectivity index (χ2v) is 6.20. The van der Waals surface area contributed by atoms with Crippen LogP contribution < -0.4 is 5.32 Å². The minimum Gasteiger partial charge on any atom is -0.381 e. The zero-order valence-corrected chi connectivity index (χ0v) is 9.64. The summed E-state index contributed by atoms with van der Waals surface area (Å²) in [5, 5.41) is 3.22. The van der Waals surface area contributed by atoms with Gasteiger partial charge in [0, 0.05) is 18.9 Å². The smallest absolute Gasteiger partial charge is 0.147 e. The summed E-state index contributed by atoms with van der Waals surface area (Å²) in [7, 11) is -0.918. The van der Waals surface area contributed by atoms with E-state index >= 15 is 0 Å². The van der Waals surface area contributed by atoms with E-state index in [1.165, 1.54) is 6.26 Å². The highest BCUT2D eigenvalue weighted by Gasteiger charge is 2.24. The molecule has 0 aromatic rings. The second kappa shape index (κ2) is 5.09. The van der Waals surface area contributed by atoms with Gasteiger partial charge in [0.25, 0.3) is 0 Å². The predicted molar refractivity (Wildman–Crippen MR) is 56.1 cm³/mol. The molecule has 0 bridgehead atoms. The number of ether oxygens (including phenoxy) is 1. The van der Waals surface area contributed by atoms with E-state index in [1.807, 2.05) is 7.05 Å². The fourth-order valence-corrected chi connectivity index (χ4v) is 2.56. The van der Waals surface area contributed by atoms with E-state index in [0.29, 0.717) is 25.0 Å². The van der Waals surface area contributed by atoms with Gasteiger partial charge in [0.2, 0.25) is 0 Å². The molecule has 0 spiro atoms. The highest BCUT2D eigenvalue weighted by atomic mass is 32.2. The van der Waals surface area contributed by atoms with Crippen LogP contribution in [0.25, 0.3) is 0 Å². The van der Waals surface area contributed by atoms with Gasteiger partial charge in [-0.05, 0) is 25.8 Å². The number of rotatable bonds is 4. The van der Waals surface area contributed by atoms with Crippen molar-refractivity contribution in [3.8, 4) is 0 Å². The lowest BCUT2D eigenvalue weighted by Gasteiger charge is -2.31. The summed E-state index contributed by atoms with van der Waals surface area (Å²) in [6, 6.07) is 0.408. The number of hydrogen-bond acceptors (Lipinski definition) is 4. The first-order valence-corrected chi connectivity index (χ1v) is 7.01. The largest absolute Gasteiger partial charge is 0.381 e. The van der Waals surface area contributed by atoms with Crippen LogP contribution in [-0.2, 0) is 14.6 Å². The van der Waals surface area contributed by atoms with E-state index in [4.69, 9.17) is 4.74 Å². The fourth-order valence-electron chi connectivity index (χ4n) is 1.83. The van der Waals surface area contributed by atoms with Gasteiger partial charge < -0.3 is 10.1 Å². The molecule has 0 saturated carbocycles. The van der Waals surface area contributed by atoms with Gasteiger partial charge in [-0.1, -0.05) is 0 Å². The Hall–Kier alpha value is -0.130. The van der Waals surface area contributed by atoms with Crippen LogP contribution in [0.15, 0.2) is 0 Å². The second-order valence-electron chi connectivity index (χ2n) is 3.94. The van der Waals surface area contributed by atoms with E-state index in [0.717, 1.165) is 13.0 Å². The van der Waals surface area contributed by atoms with Crippen LogP contribution in [0.5, 0.6) is 0 Å². The third-order valence-corrected chi connectivity index (χ3v) is 3.68. The minimum atomic E-state index is -2.84. The third-order valence-electron chi connectivity index (χ3n) is 2.70. The molecule has 1 heterocycles. The van der Waals surface area contributed by atoms with Crippen molar-refractivity contribution in [3.63, 3.8) is 0 Å². The van der Waals surface area contributed by atoms with Crippen molar-refractivity contribution in [1.29, 1.82) is 0 Å². The van der Waals surface area contributed by atoms with Crippen LogP contribution >= 0.6 is 0 Å². The van der Waals surface area contributed by atoms with Gasteiger partial charge >= 0.3 is 0 Å². The zero-order chi connectivity index (χ0) is 10.6. The van der Waals surface area contributed by atoms with Crippen LogP contribution in [-0.4, -0.2) is 46.7 Å². The Morgan fingerprint density at radius 2 is 2.21 bits per heavy atom. The number of hydrogen-bond donors (Lipinski definition) is 1. The summed E-state index contributed by atoms with van der Waals surface area (Å²) >= 11 is 0. The van der Waals surface area contributed by atoms with E-state index in [1.54, 1.807) is 0 Å². The maximum absolute atomic E-state index is 11.0. The van der Waals surface area contributed by atoms with E-state index in [9.17, 15) is 8.42 Å². The van der Waals surface area contributed by atoms with Crippen LogP contribution in [0.1, 0.15) is 12.8 Å². The van der Waals surface area contributed by atoms with Crippen LogP contribution in [0.4, 0.5) is 0 Å². The molecule has 1 saturated heterocycles. The van der Waals surface area contributed by atoms with Gasteiger partial charge in [-0.2, -0.15) is 0 Å². The molecule has 1 aliphatic heterocycles. The van der Waals surface area contributed by atoms with Crippen molar-refractivity contribution in [3.05, 3.63) is 0 Å². The molecule has 84 valence electrons. The van der Waals surface area contributed by atoms with Gasteiger partial charge in [-0.25, -0.2) is 8.42 Å². The molecule has 1 rings (SSSR count). The molecule has 0 aliphatic carbocycles. The predicted octanol–water partition coefficient (Wildman–Crippen LogP) is 0.0456. The van der Waals surface area contributed by atoms with Gasteiger partial charge in [0.15, 0.2) is 0 Å². The summed E-state index contributed by atoms with van der Waals surface area (Å²) < 4.78 is 27.4. The van der Waals surface area contributed by atoms with Gasteiger partial charge in [0.05, 0.1) is 12.4 Å². The monoisotopic (exact) mass is 221 g/mol. The Labute approximate surface area is 85.9 Å². The van der Waals surface area contributed by atoms with Crippen molar-refractivity contribution in [2.75, 3.05) is 32.3 Å². The first-order chi connectivity index (χ1) is 6.53. The molecule has 2 unspecified atom stereocenters. The van der Waals surface area contributed by atoms with E-state index < -0.39 is 9.84 Å². The van der Waals surface area contributed by atoms with Gasteiger partial charge in [-0.3, -0.25) is 0 Å². The van der Waals surface area contributed by atoms with Crippen molar-refractivity contribution in [2.24, 2.45) is 5.92 Å². The highest BCUT2D eigenvalue weighted by Crippen LogP contribution is 2.18. The summed E-state index contributed by atoms with van der Waals surface area (Å²) in [5.74, 6) is 0.600. The lowest BCUT2D eigenvalue weighted by molar-refractivity contribution is 0.0330. The minimum absolute atomic E-state index is 0.263. The van der Waals surface area contributed by atoms with Crippen molar-refractivity contribution in [1.82, 2.24) is 5.32 Å². The average molecular weight is 221 g/mol. The Morgan fingerprint density at radius 1 is 1.50 bits per heavy atom. The zero-order valence-electron chi connectivity index (χ0n) is 8.82. The van der Waals surface area contributed by atoms with Gasteiger partial charge in [0.1, 0.15) is 9.84 Å². The topological polar surface area (TPSA) is 55.4 Å². The van der Waals surface area contributed by atoms with Crippen molar-refractivity contribution >= 4 is 9.84 Å². The Balaban J connectivity index is 2.41. The van der Waals surface area contributed by atoms with E-state index in [2.05, 4.69) is 5.32 Å². The third kappa shape index (κ3) is 3.94. The summed E-state index contributed by atoms with van der Waals surface area (Å²) in [4.78, 5) is 0. The quantitative estimate of drug-likeness (QED) is 0.728. The average Bonchev–Trinajstić information content (AvgIpc) is 2.14. The summed E-state index contributed by atoms with van der Waals surface area (Å²) in [6.07, 6.45) is 2.96. The molecule has 5 heteroatoms. The van der Waals surface area contributed by atoms with Crippen molar-refractivity contribution < 1.29 is 13.2 Å². The highest BCUT2D eigenvalue weighted by molar-refractivity contribution is 7.90. The molecule has 0 amide bonds. The summed E-state index contributed by atoms with van der Waals surface area (Å²) in [5.41, 5.74) is 0. The van der Waals surface area contributed by atoms with E-state index in [-0.39, 0.29) is 5.75 Å². The maximum atomic E-state index is 11.0. The molecular weight excluding hydrogens is 202 g/mol. The summed E-state index contributed by atoms with van der Waals surface area (Å²) in [6.45, 7) is 1.46. The molecule has 1 N–H and O–H groups in total. The lowest BCUT2D eigenvalue weighted by atomic mass is 9.93. The van der Waals surface area contributed by atoms with Crippen LogP contribution in [0, 0.1) is 5.92 Å². The number of sulfone groups is 1. The SMILES string of the molecule is CNC1CCOCC1CCS(C)(=O)=O. The normalized spacial score (nSPS) is 29.0. The van der Waals surface area contributed by atoms with Crippen LogP contribution in [0.2, 0.25) is 0 Å². The van der Waals surface area contributed by atoms with Crippen LogP contribution in [0.3, 0.4) is 0 Å². The molecular formula is C9H19NO3S. The molecule has 1 aliphatic rings.